The normalized spacial score (nSPS) is 11.7. The number of guanidine groups is 1. The Balaban J connectivity index is 2.49. The van der Waals surface area contributed by atoms with Gasteiger partial charge in [0.25, 0.3) is 0 Å². The largest absolute Gasteiger partial charge is 0.472 e. The molecule has 4 heteroatoms. The van der Waals surface area contributed by atoms with Gasteiger partial charge in [0.1, 0.15) is 0 Å². The third-order valence-corrected chi connectivity index (χ3v) is 1.46. The SMILES string of the molecule is CN(C)C(N)=NCc1ccoc1. The lowest BCUT2D eigenvalue weighted by Crippen LogP contribution is -2.30. The average molecular weight is 167 g/mol. The third kappa shape index (κ3) is 2.30. The van der Waals surface area contributed by atoms with E-state index in [-0.39, 0.29) is 0 Å². The van der Waals surface area contributed by atoms with Gasteiger partial charge >= 0.3 is 0 Å². The number of hydrogen-bond acceptors (Lipinski definition) is 2. The highest BCUT2D eigenvalue weighted by molar-refractivity contribution is 5.77. The van der Waals surface area contributed by atoms with E-state index < -0.39 is 0 Å². The third-order valence-electron chi connectivity index (χ3n) is 1.46. The monoisotopic (exact) mass is 167 g/mol. The minimum atomic E-state index is 0.524. The number of furan rings is 1. The van der Waals surface area contributed by atoms with Crippen LogP contribution in [0, 0.1) is 0 Å². The van der Waals surface area contributed by atoms with Crippen LogP contribution in [0.4, 0.5) is 0 Å². The van der Waals surface area contributed by atoms with Crippen molar-refractivity contribution in [2.24, 2.45) is 10.7 Å². The fourth-order valence-corrected chi connectivity index (χ4v) is 0.696. The molecule has 0 aromatic carbocycles. The first kappa shape index (κ1) is 8.64. The molecule has 0 amide bonds. The number of nitrogens with two attached hydrogens (primary N) is 1. The summed E-state index contributed by atoms with van der Waals surface area (Å²) in [4.78, 5) is 5.89. The predicted molar refractivity (Wildman–Crippen MR) is 47.7 cm³/mol. The van der Waals surface area contributed by atoms with Crippen LogP contribution in [0.3, 0.4) is 0 Å². The van der Waals surface area contributed by atoms with Crippen LogP contribution in [0.5, 0.6) is 0 Å². The maximum absolute atomic E-state index is 5.58. The van der Waals surface area contributed by atoms with Crippen LogP contribution in [0.1, 0.15) is 5.56 Å². The van der Waals surface area contributed by atoms with E-state index in [1.54, 1.807) is 17.4 Å². The molecule has 1 aromatic heterocycles. The first-order valence-electron chi connectivity index (χ1n) is 3.68. The molecule has 0 radical (unpaired) electrons. The van der Waals surface area contributed by atoms with Gasteiger partial charge in [0.15, 0.2) is 5.96 Å². The van der Waals surface area contributed by atoms with Crippen molar-refractivity contribution in [3.05, 3.63) is 24.2 Å². The zero-order valence-electron chi connectivity index (χ0n) is 7.32. The Morgan fingerprint density at radius 1 is 1.67 bits per heavy atom. The van der Waals surface area contributed by atoms with Crippen LogP contribution in [0.25, 0.3) is 0 Å². The Hall–Kier alpha value is -1.45. The van der Waals surface area contributed by atoms with Crippen molar-refractivity contribution in [1.29, 1.82) is 0 Å². The van der Waals surface area contributed by atoms with Crippen LogP contribution in [-0.2, 0) is 6.54 Å². The fraction of sp³-hybridized carbons (Fsp3) is 0.375. The highest BCUT2D eigenvalue weighted by Crippen LogP contribution is 2.01. The van der Waals surface area contributed by atoms with E-state index in [1.165, 1.54) is 0 Å². The number of hydrogen-bond donors (Lipinski definition) is 1. The Morgan fingerprint density at radius 3 is 2.92 bits per heavy atom. The van der Waals surface area contributed by atoms with E-state index >= 15 is 0 Å². The lowest BCUT2D eigenvalue weighted by Gasteiger charge is -2.09. The maximum Gasteiger partial charge on any atom is 0.191 e. The highest BCUT2D eigenvalue weighted by Gasteiger charge is 1.94. The summed E-state index contributed by atoms with van der Waals surface area (Å²) < 4.78 is 4.88. The van der Waals surface area contributed by atoms with Crippen LogP contribution >= 0.6 is 0 Å². The molecule has 0 unspecified atom stereocenters. The second kappa shape index (κ2) is 3.80. The zero-order chi connectivity index (χ0) is 8.97. The molecular formula is C8H13N3O. The van der Waals surface area contributed by atoms with Crippen LogP contribution in [-0.4, -0.2) is 25.0 Å². The second-order valence-corrected chi connectivity index (χ2v) is 2.70. The quantitative estimate of drug-likeness (QED) is 0.520. The summed E-state index contributed by atoms with van der Waals surface area (Å²) in [5.41, 5.74) is 6.61. The van der Waals surface area contributed by atoms with Gasteiger partial charge in [-0.3, -0.25) is 0 Å². The van der Waals surface area contributed by atoms with Gasteiger partial charge < -0.3 is 15.1 Å². The van der Waals surface area contributed by atoms with Crippen molar-refractivity contribution in [3.8, 4) is 0 Å². The molecule has 0 aliphatic heterocycles. The summed E-state index contributed by atoms with van der Waals surface area (Å²) in [6.45, 7) is 0.570. The molecule has 1 heterocycles. The topological polar surface area (TPSA) is 54.8 Å². The Labute approximate surface area is 71.7 Å². The summed E-state index contributed by atoms with van der Waals surface area (Å²) in [6, 6.07) is 1.87. The number of aliphatic imine (C=N–C) groups is 1. The van der Waals surface area contributed by atoms with Gasteiger partial charge in [0, 0.05) is 19.7 Å². The summed E-state index contributed by atoms with van der Waals surface area (Å²) >= 11 is 0. The lowest BCUT2D eigenvalue weighted by molar-refractivity contribution is 0.563. The van der Waals surface area contributed by atoms with E-state index in [0.717, 1.165) is 5.56 Å². The van der Waals surface area contributed by atoms with Crippen molar-refractivity contribution < 1.29 is 4.42 Å². The van der Waals surface area contributed by atoms with Crippen LogP contribution in [0.2, 0.25) is 0 Å². The molecule has 0 saturated carbocycles. The van der Waals surface area contributed by atoms with Gasteiger partial charge in [-0.1, -0.05) is 0 Å². The maximum atomic E-state index is 5.58. The standard InChI is InChI=1S/C8H13N3O/c1-11(2)8(9)10-5-7-3-4-12-6-7/h3-4,6H,5H2,1-2H3,(H2,9,10). The first-order valence-corrected chi connectivity index (χ1v) is 3.68. The summed E-state index contributed by atoms with van der Waals surface area (Å²) in [5.74, 6) is 0.524. The molecule has 2 N–H and O–H groups in total. The van der Waals surface area contributed by atoms with Crippen molar-refractivity contribution in [3.63, 3.8) is 0 Å². The molecule has 0 aliphatic carbocycles. The molecule has 0 aliphatic rings. The Kier molecular flexibility index (Phi) is 2.74. The van der Waals surface area contributed by atoms with E-state index in [2.05, 4.69) is 4.99 Å². The number of nitrogens with zero attached hydrogens (tertiary/aromatic N) is 2. The minimum absolute atomic E-state index is 0.524. The van der Waals surface area contributed by atoms with Gasteiger partial charge in [0.05, 0.1) is 19.1 Å². The van der Waals surface area contributed by atoms with E-state index in [1.807, 2.05) is 20.2 Å². The average Bonchev–Trinajstić information content (AvgIpc) is 2.51. The van der Waals surface area contributed by atoms with Crippen molar-refractivity contribution in [1.82, 2.24) is 4.90 Å². The fourth-order valence-electron chi connectivity index (χ4n) is 0.696. The summed E-state index contributed by atoms with van der Waals surface area (Å²) in [6.07, 6.45) is 3.28. The van der Waals surface area contributed by atoms with Crippen molar-refractivity contribution in [2.45, 2.75) is 6.54 Å². The van der Waals surface area contributed by atoms with Crippen LogP contribution < -0.4 is 5.73 Å². The Morgan fingerprint density at radius 2 is 2.42 bits per heavy atom. The number of rotatable bonds is 2. The Bertz CT molecular complexity index is 251. The molecule has 66 valence electrons. The van der Waals surface area contributed by atoms with Gasteiger partial charge in [-0.25, -0.2) is 4.99 Å². The van der Waals surface area contributed by atoms with Crippen LogP contribution in [0.15, 0.2) is 28.0 Å². The minimum Gasteiger partial charge on any atom is -0.472 e. The molecular weight excluding hydrogens is 154 g/mol. The molecule has 0 saturated heterocycles. The molecule has 1 aromatic rings. The van der Waals surface area contributed by atoms with E-state index in [0.29, 0.717) is 12.5 Å². The second-order valence-electron chi connectivity index (χ2n) is 2.70. The zero-order valence-corrected chi connectivity index (χ0v) is 7.32. The van der Waals surface area contributed by atoms with Crippen molar-refractivity contribution in [2.75, 3.05) is 14.1 Å². The van der Waals surface area contributed by atoms with Gasteiger partial charge in [-0.2, -0.15) is 0 Å². The van der Waals surface area contributed by atoms with E-state index in [9.17, 15) is 0 Å². The summed E-state index contributed by atoms with van der Waals surface area (Å²) in [7, 11) is 3.71. The smallest absolute Gasteiger partial charge is 0.191 e. The molecule has 4 nitrogen and oxygen atoms in total. The van der Waals surface area contributed by atoms with E-state index in [4.69, 9.17) is 10.2 Å². The lowest BCUT2D eigenvalue weighted by atomic mass is 10.3. The van der Waals surface area contributed by atoms with Gasteiger partial charge in [0.2, 0.25) is 0 Å². The van der Waals surface area contributed by atoms with Gasteiger partial charge in [-0.05, 0) is 6.07 Å². The first-order chi connectivity index (χ1) is 5.70. The molecule has 0 atom stereocenters. The molecule has 1 rings (SSSR count). The predicted octanol–water partition coefficient (Wildman–Crippen LogP) is 0.656. The van der Waals surface area contributed by atoms with Crippen molar-refractivity contribution >= 4 is 5.96 Å². The molecule has 0 spiro atoms. The van der Waals surface area contributed by atoms with Gasteiger partial charge in [-0.15, -0.1) is 0 Å². The molecule has 0 bridgehead atoms. The molecule has 12 heavy (non-hydrogen) atoms. The molecule has 0 fully saturated rings. The summed E-state index contributed by atoms with van der Waals surface area (Å²) in [5, 5.41) is 0. The highest BCUT2D eigenvalue weighted by atomic mass is 16.3.